The number of aromatic nitrogens is 1. The number of rotatable bonds is 3. The molecule has 0 saturated heterocycles. The smallest absolute Gasteiger partial charge is 0.228 e. The first-order chi connectivity index (χ1) is 11.7. The van der Waals surface area contributed by atoms with Gasteiger partial charge < -0.3 is 17.0 Å². The van der Waals surface area contributed by atoms with Gasteiger partial charge in [-0.05, 0) is 38.8 Å². The molecule has 0 aliphatic rings. The second-order valence-electron chi connectivity index (χ2n) is 5.79. The average Bonchev–Trinajstić information content (AvgIpc) is 2.61. The molecule has 0 N–H and O–H groups in total. The number of pyridine rings is 1. The van der Waals surface area contributed by atoms with Crippen molar-refractivity contribution >= 4 is 43.4 Å². The van der Waals surface area contributed by atoms with Crippen LogP contribution in [0.4, 0.5) is 0 Å². The first-order valence-corrected chi connectivity index (χ1v) is 8.60. The third-order valence-electron chi connectivity index (χ3n) is 4.22. The number of halogens is 2. The van der Waals surface area contributed by atoms with Crippen LogP contribution >= 0.6 is 15.9 Å². The summed E-state index contributed by atoms with van der Waals surface area (Å²) in [6.07, 6.45) is 1.96. The van der Waals surface area contributed by atoms with E-state index in [1.165, 1.54) is 0 Å². The number of fused-ring (bicyclic) bond motifs is 2. The van der Waals surface area contributed by atoms with Crippen LogP contribution in [0.2, 0.25) is 0 Å². The molecule has 0 saturated carbocycles. The lowest BCUT2D eigenvalue weighted by atomic mass is 10.0. The molecule has 1 aromatic heterocycles. The number of ketones is 1. The summed E-state index contributed by atoms with van der Waals surface area (Å²) < 4.78 is 2.97. The van der Waals surface area contributed by atoms with Gasteiger partial charge in [0.25, 0.3) is 0 Å². The van der Waals surface area contributed by atoms with E-state index in [9.17, 15) is 4.79 Å². The van der Waals surface area contributed by atoms with Crippen LogP contribution in [-0.2, 0) is 6.54 Å². The number of carbonyl (C=O) groups is 1. The summed E-state index contributed by atoms with van der Waals surface area (Å²) in [6, 6.07) is 24.1. The second-order valence-corrected chi connectivity index (χ2v) is 6.71. The van der Waals surface area contributed by atoms with E-state index >= 15 is 0 Å². The minimum atomic E-state index is 0. The lowest BCUT2D eigenvalue weighted by Gasteiger charge is -2.05. The molecule has 3 aromatic carbocycles. The minimum Gasteiger partial charge on any atom is -1.00 e. The molecule has 0 fully saturated rings. The monoisotopic (exact) mass is 455 g/mol. The molecule has 25 heavy (non-hydrogen) atoms. The highest BCUT2D eigenvalue weighted by molar-refractivity contribution is 9.10. The van der Waals surface area contributed by atoms with E-state index in [-0.39, 0.29) is 22.8 Å². The van der Waals surface area contributed by atoms with Crippen LogP contribution in [0.5, 0.6) is 0 Å². The Morgan fingerprint density at radius 1 is 0.880 bits per heavy atom. The van der Waals surface area contributed by atoms with Crippen molar-refractivity contribution in [2.75, 3.05) is 0 Å². The molecule has 0 atom stereocenters. The van der Waals surface area contributed by atoms with Crippen molar-refractivity contribution in [3.63, 3.8) is 0 Å². The van der Waals surface area contributed by atoms with Crippen molar-refractivity contribution in [2.45, 2.75) is 6.54 Å². The average molecular weight is 457 g/mol. The van der Waals surface area contributed by atoms with Gasteiger partial charge in [0, 0.05) is 17.0 Å². The Morgan fingerprint density at radius 2 is 1.56 bits per heavy atom. The van der Waals surface area contributed by atoms with Crippen LogP contribution in [0.1, 0.15) is 10.4 Å². The highest BCUT2D eigenvalue weighted by Crippen LogP contribution is 2.20. The van der Waals surface area contributed by atoms with Crippen LogP contribution in [0.3, 0.4) is 0 Å². The fourth-order valence-electron chi connectivity index (χ4n) is 3.11. The van der Waals surface area contributed by atoms with Gasteiger partial charge >= 0.3 is 0 Å². The highest BCUT2D eigenvalue weighted by atomic mass is 79.9. The lowest BCUT2D eigenvalue weighted by Crippen LogP contribution is -3.00. The van der Waals surface area contributed by atoms with E-state index < -0.39 is 0 Å². The van der Waals surface area contributed by atoms with E-state index in [1.807, 2.05) is 71.4 Å². The molecule has 0 spiro atoms. The van der Waals surface area contributed by atoms with Gasteiger partial charge in [-0.3, -0.25) is 4.79 Å². The molecule has 0 amide bonds. The summed E-state index contributed by atoms with van der Waals surface area (Å²) >= 11 is 3.54. The van der Waals surface area contributed by atoms with Crippen molar-refractivity contribution < 1.29 is 26.3 Å². The molecule has 0 bridgehead atoms. The zero-order valence-corrected chi connectivity index (χ0v) is 16.5. The van der Waals surface area contributed by atoms with Crippen LogP contribution in [-0.4, -0.2) is 5.78 Å². The van der Waals surface area contributed by atoms with Crippen molar-refractivity contribution in [2.24, 2.45) is 0 Å². The van der Waals surface area contributed by atoms with E-state index in [2.05, 4.69) is 28.1 Å². The third kappa shape index (κ3) is 3.51. The van der Waals surface area contributed by atoms with Crippen molar-refractivity contribution in [3.05, 3.63) is 89.0 Å². The zero-order chi connectivity index (χ0) is 16.5. The first-order valence-electron chi connectivity index (χ1n) is 7.81. The number of hydrogen-bond donors (Lipinski definition) is 0. The third-order valence-corrected chi connectivity index (χ3v) is 4.66. The standard InChI is InChI=1S/C21H15BrNO.BrH/c22-17-12-16-7-2-4-11-20(16)23(13-17)14-21(24)19-10-5-8-15-6-1-3-9-18(15)19;/h1-13H,14H2;1H/q+1;/p-1. The molecule has 2 nitrogen and oxygen atoms in total. The van der Waals surface area contributed by atoms with E-state index in [1.54, 1.807) is 0 Å². The maximum atomic E-state index is 12.9. The van der Waals surface area contributed by atoms with Crippen molar-refractivity contribution in [1.82, 2.24) is 0 Å². The number of carbonyl (C=O) groups excluding carboxylic acids is 1. The van der Waals surface area contributed by atoms with Gasteiger partial charge in [-0.25, -0.2) is 0 Å². The number of nitrogens with zero attached hydrogens (tertiary/aromatic N) is 1. The van der Waals surface area contributed by atoms with Gasteiger partial charge in [-0.15, -0.1) is 0 Å². The molecule has 4 aromatic rings. The molecule has 4 rings (SSSR count). The van der Waals surface area contributed by atoms with E-state index in [4.69, 9.17) is 0 Å². The van der Waals surface area contributed by atoms with Crippen LogP contribution < -0.4 is 21.5 Å². The molecular weight excluding hydrogens is 442 g/mol. The maximum absolute atomic E-state index is 12.9. The topological polar surface area (TPSA) is 20.9 Å². The molecule has 0 aliphatic heterocycles. The number of benzene rings is 3. The molecule has 124 valence electrons. The van der Waals surface area contributed by atoms with Gasteiger partial charge in [0.2, 0.25) is 17.8 Å². The van der Waals surface area contributed by atoms with Gasteiger partial charge in [0.05, 0.1) is 4.47 Å². The summed E-state index contributed by atoms with van der Waals surface area (Å²) in [5.41, 5.74) is 1.82. The summed E-state index contributed by atoms with van der Waals surface area (Å²) in [6.45, 7) is 0.313. The number of Topliss-reactive ketones (excluding diaryl/α,β-unsaturated/α-hetero) is 1. The van der Waals surface area contributed by atoms with E-state index in [0.717, 1.165) is 31.7 Å². The summed E-state index contributed by atoms with van der Waals surface area (Å²) in [5, 5.41) is 3.20. The van der Waals surface area contributed by atoms with Crippen LogP contribution in [0, 0.1) is 0 Å². The van der Waals surface area contributed by atoms with Gasteiger partial charge in [0.1, 0.15) is 0 Å². The summed E-state index contributed by atoms with van der Waals surface area (Å²) in [5.74, 6) is 0.111. The number of para-hydroxylation sites is 1. The van der Waals surface area contributed by atoms with Gasteiger partial charge in [0.15, 0.2) is 6.20 Å². The predicted octanol–water partition coefficient (Wildman–Crippen LogP) is 1.93. The molecule has 0 unspecified atom stereocenters. The normalized spacial score (nSPS) is 10.6. The maximum Gasteiger partial charge on any atom is 0.228 e. The van der Waals surface area contributed by atoms with Crippen molar-refractivity contribution in [3.8, 4) is 0 Å². The Morgan fingerprint density at radius 3 is 2.40 bits per heavy atom. The van der Waals surface area contributed by atoms with Gasteiger partial charge in [-0.1, -0.05) is 54.6 Å². The molecule has 0 radical (unpaired) electrons. The predicted molar refractivity (Wildman–Crippen MR) is 100 cm³/mol. The lowest BCUT2D eigenvalue weighted by molar-refractivity contribution is -0.657. The van der Waals surface area contributed by atoms with Crippen LogP contribution in [0.25, 0.3) is 21.7 Å². The Labute approximate surface area is 165 Å². The summed E-state index contributed by atoms with van der Waals surface area (Å²) in [4.78, 5) is 12.9. The largest absolute Gasteiger partial charge is 1.00 e. The minimum absolute atomic E-state index is 0. The second kappa shape index (κ2) is 7.46. The molecular formula is C21H15Br2NO. The fourth-order valence-corrected chi connectivity index (χ4v) is 3.61. The Bertz CT molecular complexity index is 1070. The fraction of sp³-hybridized carbons (Fsp3) is 0.0476. The molecule has 4 heteroatoms. The zero-order valence-electron chi connectivity index (χ0n) is 13.3. The quantitative estimate of drug-likeness (QED) is 0.341. The first kappa shape index (κ1) is 17.8. The van der Waals surface area contributed by atoms with Crippen molar-refractivity contribution in [1.29, 1.82) is 0 Å². The Kier molecular flexibility index (Phi) is 5.30. The number of hydrogen-bond acceptors (Lipinski definition) is 1. The SMILES string of the molecule is O=C(C[n+]1cc(Br)cc2ccccc21)c1cccc2ccccc12.[Br-]. The summed E-state index contributed by atoms with van der Waals surface area (Å²) in [7, 11) is 0. The Hall–Kier alpha value is -2.04. The highest BCUT2D eigenvalue weighted by Gasteiger charge is 2.18. The van der Waals surface area contributed by atoms with Gasteiger partial charge in [-0.2, -0.15) is 4.57 Å². The van der Waals surface area contributed by atoms with E-state index in [0.29, 0.717) is 6.54 Å². The molecule has 1 heterocycles. The molecule has 0 aliphatic carbocycles. The van der Waals surface area contributed by atoms with Crippen LogP contribution in [0.15, 0.2) is 83.5 Å². The Balaban J connectivity index is 0.00000182.